The second kappa shape index (κ2) is 3.14. The summed E-state index contributed by atoms with van der Waals surface area (Å²) in [5, 5.41) is 0. The highest BCUT2D eigenvalue weighted by molar-refractivity contribution is 5.87. The number of imidazole rings is 1. The number of methoxy groups -OCH3 is 1. The smallest absolute Gasteiger partial charge is 0.419 e. The Morgan fingerprint density at radius 3 is 3.00 bits per heavy atom. The van der Waals surface area contributed by atoms with Crippen molar-refractivity contribution >= 4 is 17.1 Å². The molecule has 0 spiro atoms. The molecule has 1 heterocycles. The molecule has 2 aromatic rings. The fourth-order valence-electron chi connectivity index (χ4n) is 1.43. The van der Waals surface area contributed by atoms with Gasteiger partial charge in [-0.25, -0.2) is 14.3 Å². The normalized spacial score (nSPS) is 10.4. The van der Waals surface area contributed by atoms with Gasteiger partial charge in [0.15, 0.2) is 0 Å². The molecule has 2 rings (SSSR count). The Hall–Kier alpha value is -1.84. The molecule has 4 nitrogen and oxygen atoms in total. The first-order valence-electron chi connectivity index (χ1n) is 4.25. The van der Waals surface area contributed by atoms with Crippen LogP contribution >= 0.6 is 0 Å². The van der Waals surface area contributed by atoms with Gasteiger partial charge in [0, 0.05) is 0 Å². The maximum absolute atomic E-state index is 11.3. The SMILES string of the molecule is COC(=O)n1cnc2c(C)cccc21. The molecular weight excluding hydrogens is 180 g/mol. The number of para-hydroxylation sites is 1. The van der Waals surface area contributed by atoms with Crippen LogP contribution in [0.3, 0.4) is 0 Å². The lowest BCUT2D eigenvalue weighted by Gasteiger charge is -2.00. The van der Waals surface area contributed by atoms with Crippen molar-refractivity contribution in [1.29, 1.82) is 0 Å². The summed E-state index contributed by atoms with van der Waals surface area (Å²) in [5.74, 6) is 0. The Bertz CT molecular complexity index is 488. The fourth-order valence-corrected chi connectivity index (χ4v) is 1.43. The van der Waals surface area contributed by atoms with E-state index >= 15 is 0 Å². The number of hydrogen-bond donors (Lipinski definition) is 0. The van der Waals surface area contributed by atoms with Crippen molar-refractivity contribution < 1.29 is 9.53 Å². The van der Waals surface area contributed by atoms with Crippen LogP contribution in [0, 0.1) is 6.92 Å². The fraction of sp³-hybridized carbons (Fsp3) is 0.200. The van der Waals surface area contributed by atoms with Gasteiger partial charge in [0.05, 0.1) is 18.1 Å². The van der Waals surface area contributed by atoms with E-state index in [0.29, 0.717) is 0 Å². The van der Waals surface area contributed by atoms with Crippen LogP contribution in [0.15, 0.2) is 24.5 Å². The zero-order valence-corrected chi connectivity index (χ0v) is 8.02. The molecular formula is C10H10N2O2. The quantitative estimate of drug-likeness (QED) is 0.637. The number of hydrogen-bond acceptors (Lipinski definition) is 3. The highest BCUT2D eigenvalue weighted by atomic mass is 16.5. The van der Waals surface area contributed by atoms with Crippen LogP contribution in [-0.4, -0.2) is 22.8 Å². The van der Waals surface area contributed by atoms with Gasteiger partial charge >= 0.3 is 6.09 Å². The van der Waals surface area contributed by atoms with E-state index in [4.69, 9.17) is 0 Å². The second-order valence-corrected chi connectivity index (χ2v) is 3.03. The molecule has 0 radical (unpaired) electrons. The first-order chi connectivity index (χ1) is 6.74. The number of carbonyl (C=O) groups is 1. The third-order valence-corrected chi connectivity index (χ3v) is 2.15. The van der Waals surface area contributed by atoms with Crippen molar-refractivity contribution in [2.45, 2.75) is 6.92 Å². The van der Waals surface area contributed by atoms with Crippen molar-refractivity contribution in [3.63, 3.8) is 0 Å². The maximum atomic E-state index is 11.3. The van der Waals surface area contributed by atoms with Gasteiger partial charge in [-0.1, -0.05) is 12.1 Å². The molecule has 0 N–H and O–H groups in total. The molecule has 0 atom stereocenters. The zero-order chi connectivity index (χ0) is 10.1. The van der Waals surface area contributed by atoms with Crippen molar-refractivity contribution in [2.75, 3.05) is 7.11 Å². The molecule has 0 bridgehead atoms. The lowest BCUT2D eigenvalue weighted by molar-refractivity contribution is 0.174. The maximum Gasteiger partial charge on any atom is 0.419 e. The summed E-state index contributed by atoms with van der Waals surface area (Å²) in [6.45, 7) is 1.96. The van der Waals surface area contributed by atoms with Crippen LogP contribution in [-0.2, 0) is 4.74 Å². The van der Waals surface area contributed by atoms with Gasteiger partial charge in [-0.15, -0.1) is 0 Å². The standard InChI is InChI=1S/C10H10N2O2/c1-7-4-3-5-8-9(7)11-6-12(8)10(13)14-2/h3-6H,1-2H3. The van der Waals surface area contributed by atoms with Gasteiger partial charge in [0.25, 0.3) is 0 Å². The molecule has 0 aliphatic rings. The number of nitrogens with zero attached hydrogens (tertiary/aromatic N) is 2. The summed E-state index contributed by atoms with van der Waals surface area (Å²) in [6, 6.07) is 5.68. The van der Waals surface area contributed by atoms with Gasteiger partial charge in [-0.3, -0.25) is 0 Å². The molecule has 0 fully saturated rings. The summed E-state index contributed by atoms with van der Waals surface area (Å²) >= 11 is 0. The van der Waals surface area contributed by atoms with Crippen LogP contribution in [0.4, 0.5) is 4.79 Å². The molecule has 0 amide bonds. The molecule has 0 aliphatic carbocycles. The minimum absolute atomic E-state index is 0.418. The number of fused-ring (bicyclic) bond motifs is 1. The molecule has 1 aromatic carbocycles. The third-order valence-electron chi connectivity index (χ3n) is 2.15. The van der Waals surface area contributed by atoms with E-state index in [1.807, 2.05) is 25.1 Å². The predicted octanol–water partition coefficient (Wildman–Crippen LogP) is 1.96. The van der Waals surface area contributed by atoms with Gasteiger partial charge in [0.1, 0.15) is 6.33 Å². The Kier molecular flexibility index (Phi) is 1.96. The van der Waals surface area contributed by atoms with Crippen LogP contribution in [0.5, 0.6) is 0 Å². The average molecular weight is 190 g/mol. The molecule has 0 saturated carbocycles. The lowest BCUT2D eigenvalue weighted by Crippen LogP contribution is -2.09. The van der Waals surface area contributed by atoms with E-state index in [1.165, 1.54) is 18.0 Å². The van der Waals surface area contributed by atoms with Crippen LogP contribution < -0.4 is 0 Å². The van der Waals surface area contributed by atoms with Crippen LogP contribution in [0.1, 0.15) is 5.56 Å². The van der Waals surface area contributed by atoms with E-state index in [2.05, 4.69) is 9.72 Å². The Morgan fingerprint density at radius 1 is 1.50 bits per heavy atom. The Labute approximate surface area is 81.1 Å². The van der Waals surface area contributed by atoms with E-state index in [0.717, 1.165) is 16.6 Å². The monoisotopic (exact) mass is 190 g/mol. The molecule has 0 saturated heterocycles. The van der Waals surface area contributed by atoms with Gasteiger partial charge in [0.2, 0.25) is 0 Å². The number of ether oxygens (including phenoxy) is 1. The molecule has 72 valence electrons. The van der Waals surface area contributed by atoms with E-state index in [1.54, 1.807) is 0 Å². The van der Waals surface area contributed by atoms with Crippen LogP contribution in [0.25, 0.3) is 11.0 Å². The zero-order valence-electron chi connectivity index (χ0n) is 8.02. The summed E-state index contributed by atoms with van der Waals surface area (Å²) < 4.78 is 6.02. The van der Waals surface area contributed by atoms with Crippen molar-refractivity contribution in [3.05, 3.63) is 30.1 Å². The Morgan fingerprint density at radius 2 is 2.29 bits per heavy atom. The van der Waals surface area contributed by atoms with E-state index < -0.39 is 6.09 Å². The number of aromatic nitrogens is 2. The number of aryl methyl sites for hydroxylation is 1. The highest BCUT2D eigenvalue weighted by Crippen LogP contribution is 2.16. The lowest BCUT2D eigenvalue weighted by atomic mass is 10.2. The molecule has 0 aliphatic heterocycles. The van der Waals surface area contributed by atoms with Crippen molar-refractivity contribution in [1.82, 2.24) is 9.55 Å². The first-order valence-corrected chi connectivity index (χ1v) is 4.25. The summed E-state index contributed by atoms with van der Waals surface area (Å²) in [4.78, 5) is 15.4. The summed E-state index contributed by atoms with van der Waals surface area (Å²) in [6.07, 6.45) is 1.06. The summed E-state index contributed by atoms with van der Waals surface area (Å²) in [5.41, 5.74) is 2.65. The van der Waals surface area contributed by atoms with Gasteiger partial charge < -0.3 is 4.74 Å². The van der Waals surface area contributed by atoms with Gasteiger partial charge in [-0.2, -0.15) is 0 Å². The minimum Gasteiger partial charge on any atom is -0.452 e. The minimum atomic E-state index is -0.418. The highest BCUT2D eigenvalue weighted by Gasteiger charge is 2.10. The largest absolute Gasteiger partial charge is 0.452 e. The summed E-state index contributed by atoms with van der Waals surface area (Å²) in [7, 11) is 1.35. The molecule has 1 aromatic heterocycles. The number of rotatable bonds is 0. The average Bonchev–Trinajstić information content (AvgIpc) is 2.62. The van der Waals surface area contributed by atoms with E-state index in [-0.39, 0.29) is 0 Å². The molecule has 4 heteroatoms. The predicted molar refractivity (Wildman–Crippen MR) is 52.3 cm³/mol. The first kappa shape index (κ1) is 8.74. The second-order valence-electron chi connectivity index (χ2n) is 3.03. The number of benzene rings is 1. The topological polar surface area (TPSA) is 44.1 Å². The molecule has 14 heavy (non-hydrogen) atoms. The third kappa shape index (κ3) is 1.16. The molecule has 0 unspecified atom stereocenters. The van der Waals surface area contributed by atoms with Crippen molar-refractivity contribution in [2.24, 2.45) is 0 Å². The van der Waals surface area contributed by atoms with Gasteiger partial charge in [-0.05, 0) is 18.6 Å². The van der Waals surface area contributed by atoms with Crippen LogP contribution in [0.2, 0.25) is 0 Å². The Balaban J connectivity index is 2.70. The van der Waals surface area contributed by atoms with E-state index in [9.17, 15) is 4.79 Å². The number of carbonyl (C=O) groups excluding carboxylic acids is 1. The van der Waals surface area contributed by atoms with Crippen molar-refractivity contribution in [3.8, 4) is 0 Å².